The molecule has 0 atom stereocenters. The molecule has 0 spiro atoms. The Bertz CT molecular complexity index is 1320. The predicted molar refractivity (Wildman–Crippen MR) is 119 cm³/mol. The first-order valence-corrected chi connectivity index (χ1v) is 10.4. The van der Waals surface area contributed by atoms with Crippen LogP contribution >= 0.6 is 11.3 Å². The minimum absolute atomic E-state index is 0.144. The Morgan fingerprint density at radius 1 is 1.07 bits per heavy atom. The molecule has 0 aliphatic heterocycles. The van der Waals surface area contributed by atoms with Gasteiger partial charge in [0, 0.05) is 11.6 Å². The van der Waals surface area contributed by atoms with Gasteiger partial charge in [0.25, 0.3) is 5.91 Å². The lowest BCUT2D eigenvalue weighted by Gasteiger charge is -2.02. The highest BCUT2D eigenvalue weighted by Gasteiger charge is 2.17. The summed E-state index contributed by atoms with van der Waals surface area (Å²) in [5.74, 6) is -0.144. The third-order valence-corrected chi connectivity index (χ3v) is 5.96. The molecule has 0 saturated heterocycles. The van der Waals surface area contributed by atoms with Crippen LogP contribution in [0.4, 0.5) is 5.69 Å². The summed E-state index contributed by atoms with van der Waals surface area (Å²) in [7, 11) is 0. The zero-order valence-electron chi connectivity index (χ0n) is 16.3. The minimum atomic E-state index is -0.144. The van der Waals surface area contributed by atoms with Crippen molar-refractivity contribution in [1.29, 1.82) is 0 Å². The molecule has 30 heavy (non-hydrogen) atoms. The summed E-state index contributed by atoms with van der Waals surface area (Å²) in [5.41, 5.74) is 3.71. The van der Waals surface area contributed by atoms with Gasteiger partial charge >= 0.3 is 0 Å². The van der Waals surface area contributed by atoms with Crippen molar-refractivity contribution >= 4 is 33.1 Å². The number of thiophene rings is 1. The zero-order chi connectivity index (χ0) is 20.5. The van der Waals surface area contributed by atoms with Gasteiger partial charge in [-0.05, 0) is 30.7 Å². The Labute approximate surface area is 177 Å². The van der Waals surface area contributed by atoms with Crippen molar-refractivity contribution in [1.82, 2.24) is 19.6 Å². The van der Waals surface area contributed by atoms with Gasteiger partial charge in [0.1, 0.15) is 4.83 Å². The van der Waals surface area contributed by atoms with Crippen LogP contribution in [0.15, 0.2) is 79.1 Å². The molecular formula is C23H19N5OS. The largest absolute Gasteiger partial charge is 0.319 e. The lowest BCUT2D eigenvalue weighted by atomic mass is 10.2. The molecule has 3 aromatic heterocycles. The Morgan fingerprint density at radius 3 is 2.57 bits per heavy atom. The van der Waals surface area contributed by atoms with E-state index in [1.807, 2.05) is 77.1 Å². The molecule has 7 heteroatoms. The molecule has 0 saturated carbocycles. The highest BCUT2D eigenvalue weighted by molar-refractivity contribution is 7.20. The summed E-state index contributed by atoms with van der Waals surface area (Å²) in [6.07, 6.45) is 3.51. The molecular weight excluding hydrogens is 394 g/mol. The van der Waals surface area contributed by atoms with Crippen molar-refractivity contribution in [3.8, 4) is 5.69 Å². The number of carbonyl (C=O) groups is 1. The van der Waals surface area contributed by atoms with Gasteiger partial charge in [0.15, 0.2) is 0 Å². The lowest BCUT2D eigenvalue weighted by Crippen LogP contribution is -2.09. The van der Waals surface area contributed by atoms with E-state index in [4.69, 9.17) is 0 Å². The summed E-state index contributed by atoms with van der Waals surface area (Å²) >= 11 is 1.44. The Morgan fingerprint density at radius 2 is 1.80 bits per heavy atom. The number of hydrogen-bond acceptors (Lipinski definition) is 4. The summed E-state index contributed by atoms with van der Waals surface area (Å²) in [4.78, 5) is 14.4. The van der Waals surface area contributed by atoms with Crippen LogP contribution < -0.4 is 5.32 Å². The Hall–Kier alpha value is -3.71. The molecule has 148 valence electrons. The van der Waals surface area contributed by atoms with E-state index in [1.165, 1.54) is 11.3 Å². The van der Waals surface area contributed by atoms with E-state index in [9.17, 15) is 4.79 Å². The Balaban J connectivity index is 1.37. The second kappa shape index (κ2) is 7.61. The smallest absolute Gasteiger partial charge is 0.265 e. The molecule has 0 aliphatic rings. The molecule has 0 aliphatic carbocycles. The second-order valence-corrected chi connectivity index (χ2v) is 8.06. The van der Waals surface area contributed by atoms with Crippen molar-refractivity contribution in [2.24, 2.45) is 0 Å². The monoisotopic (exact) mass is 413 g/mol. The van der Waals surface area contributed by atoms with Gasteiger partial charge in [-0.25, -0.2) is 4.68 Å². The molecule has 0 bridgehead atoms. The first-order valence-electron chi connectivity index (χ1n) is 9.60. The van der Waals surface area contributed by atoms with Crippen LogP contribution in [-0.4, -0.2) is 25.5 Å². The minimum Gasteiger partial charge on any atom is -0.319 e. The van der Waals surface area contributed by atoms with Crippen LogP contribution in [0.3, 0.4) is 0 Å². The molecule has 5 aromatic rings. The van der Waals surface area contributed by atoms with Crippen molar-refractivity contribution in [2.45, 2.75) is 13.5 Å². The maximum atomic E-state index is 12.8. The van der Waals surface area contributed by atoms with Crippen molar-refractivity contribution in [3.05, 3.63) is 95.3 Å². The number of fused-ring (bicyclic) bond motifs is 1. The van der Waals surface area contributed by atoms with Gasteiger partial charge in [-0.1, -0.05) is 48.5 Å². The number of nitrogens with one attached hydrogen (secondary N) is 1. The van der Waals surface area contributed by atoms with Crippen LogP contribution in [0.5, 0.6) is 0 Å². The number of benzene rings is 2. The lowest BCUT2D eigenvalue weighted by molar-refractivity contribution is 0.103. The molecule has 6 nitrogen and oxygen atoms in total. The van der Waals surface area contributed by atoms with E-state index in [-0.39, 0.29) is 5.91 Å². The van der Waals surface area contributed by atoms with Gasteiger partial charge in [-0.15, -0.1) is 11.3 Å². The maximum Gasteiger partial charge on any atom is 0.265 e. The average molecular weight is 414 g/mol. The number of carbonyl (C=O) groups excluding carboxylic acids is 1. The van der Waals surface area contributed by atoms with Gasteiger partial charge in [-0.2, -0.15) is 10.2 Å². The predicted octanol–water partition coefficient (Wildman–Crippen LogP) is 4.89. The van der Waals surface area contributed by atoms with E-state index in [1.54, 1.807) is 6.20 Å². The first kappa shape index (κ1) is 18.3. The van der Waals surface area contributed by atoms with Crippen LogP contribution in [0, 0.1) is 6.92 Å². The fourth-order valence-corrected chi connectivity index (χ4v) is 4.46. The topological polar surface area (TPSA) is 64.7 Å². The number of para-hydroxylation sites is 1. The summed E-state index contributed by atoms with van der Waals surface area (Å²) in [6.45, 7) is 2.62. The number of aromatic nitrogens is 4. The summed E-state index contributed by atoms with van der Waals surface area (Å²) in [5, 5.41) is 12.9. The van der Waals surface area contributed by atoms with Gasteiger partial charge in [-0.3, -0.25) is 9.48 Å². The number of aryl methyl sites for hydroxylation is 1. The molecule has 0 radical (unpaired) electrons. The fraction of sp³-hybridized carbons (Fsp3) is 0.0870. The molecule has 1 amide bonds. The van der Waals surface area contributed by atoms with Crippen LogP contribution in [0.25, 0.3) is 15.9 Å². The molecule has 1 N–H and O–H groups in total. The van der Waals surface area contributed by atoms with Crippen LogP contribution in [-0.2, 0) is 6.54 Å². The van der Waals surface area contributed by atoms with Gasteiger partial charge < -0.3 is 5.32 Å². The van der Waals surface area contributed by atoms with Gasteiger partial charge in [0.05, 0.1) is 34.7 Å². The number of nitrogens with zero attached hydrogens (tertiary/aromatic N) is 4. The van der Waals surface area contributed by atoms with Gasteiger partial charge in [0.2, 0.25) is 0 Å². The zero-order valence-corrected chi connectivity index (χ0v) is 17.1. The summed E-state index contributed by atoms with van der Waals surface area (Å²) in [6, 6.07) is 21.9. The highest BCUT2D eigenvalue weighted by atomic mass is 32.1. The van der Waals surface area contributed by atoms with E-state index in [0.29, 0.717) is 17.1 Å². The fourth-order valence-electron chi connectivity index (χ4n) is 3.38. The standard InChI is InChI=1S/C23H19N5OS/c1-16-20-12-21(30-23(20)28(26-16)19-10-6-3-7-11-19)22(29)25-18-13-24-27(15-18)14-17-8-4-2-5-9-17/h2-13,15H,14H2,1H3,(H,25,29). The number of hydrogen-bond donors (Lipinski definition) is 1. The molecule has 5 rings (SSSR count). The van der Waals surface area contributed by atoms with Crippen LogP contribution in [0.1, 0.15) is 20.9 Å². The Kier molecular flexibility index (Phi) is 4.65. The van der Waals surface area contributed by atoms with Crippen LogP contribution in [0.2, 0.25) is 0 Å². The molecule has 2 aromatic carbocycles. The van der Waals surface area contributed by atoms with Crippen molar-refractivity contribution < 1.29 is 4.79 Å². The summed E-state index contributed by atoms with van der Waals surface area (Å²) < 4.78 is 3.71. The third kappa shape index (κ3) is 3.51. The molecule has 0 unspecified atom stereocenters. The number of rotatable bonds is 5. The van der Waals surface area contributed by atoms with E-state index in [0.717, 1.165) is 27.2 Å². The quantitative estimate of drug-likeness (QED) is 0.446. The van der Waals surface area contributed by atoms with E-state index in [2.05, 4.69) is 27.6 Å². The maximum absolute atomic E-state index is 12.8. The van der Waals surface area contributed by atoms with Crippen molar-refractivity contribution in [3.63, 3.8) is 0 Å². The highest BCUT2D eigenvalue weighted by Crippen LogP contribution is 2.30. The van der Waals surface area contributed by atoms with Crippen molar-refractivity contribution in [2.75, 3.05) is 5.32 Å². The normalized spacial score (nSPS) is 11.1. The van der Waals surface area contributed by atoms with E-state index >= 15 is 0 Å². The second-order valence-electron chi connectivity index (χ2n) is 7.03. The molecule has 0 fully saturated rings. The third-order valence-electron chi connectivity index (χ3n) is 4.85. The molecule has 3 heterocycles. The first-order chi connectivity index (χ1) is 14.7. The SMILES string of the molecule is Cc1nn(-c2ccccc2)c2sc(C(=O)Nc3cnn(Cc4ccccc4)c3)cc12. The average Bonchev–Trinajstić information content (AvgIpc) is 3.47. The number of anilines is 1. The van der Waals surface area contributed by atoms with E-state index < -0.39 is 0 Å². The number of amides is 1.